The molecule has 1 N–H and O–H groups in total. The van der Waals surface area contributed by atoms with E-state index in [0.29, 0.717) is 12.4 Å². The van der Waals surface area contributed by atoms with Crippen molar-refractivity contribution in [2.45, 2.75) is 56.8 Å². The molecular formula is C34H35F3N2O3. The quantitative estimate of drug-likeness (QED) is 0.297. The van der Waals surface area contributed by atoms with Gasteiger partial charge in [-0.2, -0.15) is 13.2 Å². The Morgan fingerprint density at radius 3 is 2.31 bits per heavy atom. The van der Waals surface area contributed by atoms with E-state index in [0.717, 1.165) is 61.4 Å². The molecule has 1 saturated heterocycles. The number of fused-ring (bicyclic) bond motifs is 2. The molecule has 0 aromatic heterocycles. The fourth-order valence-electron chi connectivity index (χ4n) is 6.22. The van der Waals surface area contributed by atoms with Gasteiger partial charge in [0.2, 0.25) is 0 Å². The maximum Gasteiger partial charge on any atom is 0.416 e. The fraction of sp³-hybridized carbons (Fsp3) is 0.382. The Labute approximate surface area is 244 Å². The predicted molar refractivity (Wildman–Crippen MR) is 157 cm³/mol. The standard InChI is InChI=1S/C34H35F3N2O3/c1-3-4-27(19-32(40)41)26-9-12-29(13-10-26)42-22-25-7-5-24(6-8-25)21-39-17-15-33(16-18-39)23-38(2)31-14-11-28(20-30(31)33)34(35,36)37/h5-14,20,27H,15-19,21-23H2,1-2H3,(H,40,41)/t27-/m0/s1. The number of carbonyl (C=O) groups is 1. The van der Waals surface area contributed by atoms with E-state index in [1.54, 1.807) is 13.0 Å². The Morgan fingerprint density at radius 2 is 1.69 bits per heavy atom. The molecule has 1 atom stereocenters. The Balaban J connectivity index is 1.14. The average Bonchev–Trinajstić information content (AvgIpc) is 3.23. The number of halogens is 3. The van der Waals surface area contributed by atoms with Gasteiger partial charge in [-0.1, -0.05) is 42.3 Å². The Bertz CT molecular complexity index is 1470. The van der Waals surface area contributed by atoms with Gasteiger partial charge in [-0.25, -0.2) is 0 Å². The summed E-state index contributed by atoms with van der Waals surface area (Å²) in [4.78, 5) is 15.6. The molecule has 0 saturated carbocycles. The van der Waals surface area contributed by atoms with Crippen molar-refractivity contribution >= 4 is 11.7 Å². The van der Waals surface area contributed by atoms with Crippen LogP contribution in [0.5, 0.6) is 5.75 Å². The van der Waals surface area contributed by atoms with Crippen LogP contribution >= 0.6 is 0 Å². The third-order valence-electron chi connectivity index (χ3n) is 8.47. The van der Waals surface area contributed by atoms with Gasteiger partial charge in [0.15, 0.2) is 0 Å². The zero-order valence-corrected chi connectivity index (χ0v) is 23.9. The molecule has 1 spiro atoms. The number of carboxylic acid groups (broad SMARTS) is 1. The molecule has 3 aromatic carbocycles. The van der Waals surface area contributed by atoms with Gasteiger partial charge in [-0.15, -0.1) is 5.92 Å². The van der Waals surface area contributed by atoms with Crippen molar-refractivity contribution in [3.05, 3.63) is 94.5 Å². The van der Waals surface area contributed by atoms with E-state index in [4.69, 9.17) is 9.84 Å². The molecule has 3 aromatic rings. The first-order valence-electron chi connectivity index (χ1n) is 14.2. The SMILES string of the molecule is CC#C[C@@H](CC(=O)O)c1ccc(OCc2ccc(CN3CCC4(CC3)CN(C)c3ccc(C(F)(F)F)cc34)cc2)cc1. The molecule has 220 valence electrons. The molecule has 0 unspecified atom stereocenters. The predicted octanol–water partition coefficient (Wildman–Crippen LogP) is 6.85. The molecule has 8 heteroatoms. The van der Waals surface area contributed by atoms with Gasteiger partial charge in [0, 0.05) is 31.2 Å². The topological polar surface area (TPSA) is 53.0 Å². The van der Waals surface area contributed by atoms with Crippen molar-refractivity contribution in [1.82, 2.24) is 4.90 Å². The lowest BCUT2D eigenvalue weighted by Gasteiger charge is -2.40. The molecule has 2 aliphatic rings. The van der Waals surface area contributed by atoms with Crippen molar-refractivity contribution in [3.8, 4) is 17.6 Å². The number of likely N-dealkylation sites (tertiary alicyclic amines) is 1. The lowest BCUT2D eigenvalue weighted by molar-refractivity contribution is -0.138. The molecule has 0 aliphatic carbocycles. The van der Waals surface area contributed by atoms with Gasteiger partial charge >= 0.3 is 12.1 Å². The average molecular weight is 577 g/mol. The first-order valence-corrected chi connectivity index (χ1v) is 14.2. The Hall–Kier alpha value is -3.96. The Morgan fingerprint density at radius 1 is 1.02 bits per heavy atom. The molecule has 0 amide bonds. The van der Waals surface area contributed by atoms with Crippen molar-refractivity contribution in [2.24, 2.45) is 0 Å². The van der Waals surface area contributed by atoms with Crippen LogP contribution < -0.4 is 9.64 Å². The number of carboxylic acids is 1. The second-order valence-electron chi connectivity index (χ2n) is 11.4. The third kappa shape index (κ3) is 6.57. The van der Waals surface area contributed by atoms with Gasteiger partial charge in [0.05, 0.1) is 17.9 Å². The van der Waals surface area contributed by atoms with Crippen LogP contribution in [0.1, 0.15) is 59.9 Å². The third-order valence-corrected chi connectivity index (χ3v) is 8.47. The van der Waals surface area contributed by atoms with Crippen LogP contribution in [-0.4, -0.2) is 42.7 Å². The van der Waals surface area contributed by atoms with Crippen LogP contribution in [0.2, 0.25) is 0 Å². The molecular weight excluding hydrogens is 541 g/mol. The summed E-state index contributed by atoms with van der Waals surface area (Å²) in [7, 11) is 1.97. The number of likely N-dealkylation sites (N-methyl/N-ethyl adjacent to an activating group) is 1. The summed E-state index contributed by atoms with van der Waals surface area (Å²) in [5.41, 5.74) is 4.03. The summed E-state index contributed by atoms with van der Waals surface area (Å²) in [5, 5.41) is 9.14. The van der Waals surface area contributed by atoms with E-state index in [2.05, 4.69) is 45.9 Å². The van der Waals surface area contributed by atoms with Crippen LogP contribution in [0.3, 0.4) is 0 Å². The van der Waals surface area contributed by atoms with E-state index in [9.17, 15) is 18.0 Å². The molecule has 0 bridgehead atoms. The highest BCUT2D eigenvalue weighted by molar-refractivity contribution is 5.69. The zero-order chi connectivity index (χ0) is 29.9. The summed E-state index contributed by atoms with van der Waals surface area (Å²) < 4.78 is 46.2. The summed E-state index contributed by atoms with van der Waals surface area (Å²) in [5.74, 6) is 5.22. The van der Waals surface area contributed by atoms with Crippen molar-refractivity contribution in [3.63, 3.8) is 0 Å². The highest BCUT2D eigenvalue weighted by Crippen LogP contribution is 2.48. The van der Waals surface area contributed by atoms with Gasteiger partial charge in [0.25, 0.3) is 0 Å². The first-order chi connectivity index (χ1) is 20.1. The molecule has 5 rings (SSSR count). The zero-order valence-electron chi connectivity index (χ0n) is 23.9. The van der Waals surface area contributed by atoms with Gasteiger partial charge in [-0.3, -0.25) is 9.69 Å². The van der Waals surface area contributed by atoms with Crippen LogP contribution in [0.25, 0.3) is 0 Å². The van der Waals surface area contributed by atoms with E-state index in [1.807, 2.05) is 31.3 Å². The molecule has 5 nitrogen and oxygen atoms in total. The normalized spacial score (nSPS) is 16.9. The number of alkyl halides is 3. The highest BCUT2D eigenvalue weighted by atomic mass is 19.4. The molecule has 42 heavy (non-hydrogen) atoms. The van der Waals surface area contributed by atoms with Gasteiger partial charge in [0.1, 0.15) is 12.4 Å². The van der Waals surface area contributed by atoms with Crippen LogP contribution in [0.4, 0.5) is 18.9 Å². The minimum Gasteiger partial charge on any atom is -0.489 e. The van der Waals surface area contributed by atoms with E-state index >= 15 is 0 Å². The highest BCUT2D eigenvalue weighted by Gasteiger charge is 2.45. The van der Waals surface area contributed by atoms with Crippen molar-refractivity contribution in [1.29, 1.82) is 0 Å². The minimum atomic E-state index is -4.34. The second-order valence-corrected chi connectivity index (χ2v) is 11.4. The number of rotatable bonds is 8. The molecule has 1 fully saturated rings. The van der Waals surface area contributed by atoms with Gasteiger partial charge < -0.3 is 14.7 Å². The number of benzene rings is 3. The molecule has 2 aliphatic heterocycles. The second kappa shape index (κ2) is 12.1. The lowest BCUT2D eigenvalue weighted by Crippen LogP contribution is -2.44. The summed E-state index contributed by atoms with van der Waals surface area (Å²) in [6.45, 7) is 5.33. The van der Waals surface area contributed by atoms with Crippen molar-refractivity contribution in [2.75, 3.05) is 31.6 Å². The maximum atomic E-state index is 13.4. The van der Waals surface area contributed by atoms with Crippen molar-refractivity contribution < 1.29 is 27.8 Å². The number of piperidine rings is 1. The smallest absolute Gasteiger partial charge is 0.416 e. The van der Waals surface area contributed by atoms with Crippen LogP contribution in [0, 0.1) is 11.8 Å². The minimum absolute atomic E-state index is 0.0419. The number of anilines is 1. The molecule has 0 radical (unpaired) electrons. The number of nitrogens with zero attached hydrogens (tertiary/aromatic N) is 2. The summed E-state index contributed by atoms with van der Waals surface area (Å²) in [6.07, 6.45) is -2.71. The monoisotopic (exact) mass is 576 g/mol. The fourth-order valence-corrected chi connectivity index (χ4v) is 6.22. The summed E-state index contributed by atoms with van der Waals surface area (Å²) >= 11 is 0. The van der Waals surface area contributed by atoms with E-state index in [1.165, 1.54) is 17.7 Å². The molecule has 2 heterocycles. The summed E-state index contributed by atoms with van der Waals surface area (Å²) in [6, 6.07) is 19.9. The Kier molecular flexibility index (Phi) is 8.51. The lowest BCUT2D eigenvalue weighted by atomic mass is 9.74. The van der Waals surface area contributed by atoms with Gasteiger partial charge in [-0.05, 0) is 85.4 Å². The number of aliphatic carboxylic acids is 1. The van der Waals surface area contributed by atoms with E-state index in [-0.39, 0.29) is 17.8 Å². The maximum absolute atomic E-state index is 13.4. The first kappa shape index (κ1) is 29.5. The number of ether oxygens (including phenoxy) is 1. The number of hydrogen-bond donors (Lipinski definition) is 1. The van der Waals surface area contributed by atoms with Crippen LogP contribution in [-0.2, 0) is 29.5 Å². The largest absolute Gasteiger partial charge is 0.489 e. The van der Waals surface area contributed by atoms with Crippen LogP contribution in [0.15, 0.2) is 66.7 Å². The number of hydrogen-bond acceptors (Lipinski definition) is 4. The van der Waals surface area contributed by atoms with E-state index < -0.39 is 17.7 Å².